The van der Waals surface area contributed by atoms with Gasteiger partial charge in [0.15, 0.2) is 23.9 Å². The summed E-state index contributed by atoms with van der Waals surface area (Å²) in [5.74, 6) is 0.472. The highest BCUT2D eigenvalue weighted by Gasteiger charge is 2.27. The Morgan fingerprint density at radius 3 is 2.42 bits per heavy atom. The van der Waals surface area contributed by atoms with Gasteiger partial charge in [-0.25, -0.2) is 9.59 Å². The third-order valence-electron chi connectivity index (χ3n) is 8.57. The van der Waals surface area contributed by atoms with Gasteiger partial charge in [-0.2, -0.15) is 4.73 Å². The largest absolute Gasteiger partial charge is 0.619 e. The highest BCUT2D eigenvalue weighted by atomic mass is 35.5. The second kappa shape index (κ2) is 17.9. The van der Waals surface area contributed by atoms with Crippen molar-refractivity contribution in [1.29, 1.82) is 0 Å². The summed E-state index contributed by atoms with van der Waals surface area (Å²) in [6.45, 7) is 4.97. The molecule has 1 N–H and O–H groups in total. The Labute approximate surface area is 306 Å². The summed E-state index contributed by atoms with van der Waals surface area (Å²) in [5.41, 5.74) is 1.88. The first-order valence-corrected chi connectivity index (χ1v) is 18.0. The van der Waals surface area contributed by atoms with Crippen LogP contribution in [0, 0.1) is 11.1 Å². The van der Waals surface area contributed by atoms with Crippen molar-refractivity contribution in [1.82, 2.24) is 10.2 Å². The molecule has 10 nitrogen and oxygen atoms in total. The maximum atomic E-state index is 13.6. The zero-order valence-electron chi connectivity index (χ0n) is 28.2. The third kappa shape index (κ3) is 9.88. The van der Waals surface area contributed by atoms with E-state index in [-0.39, 0.29) is 22.4 Å². The van der Waals surface area contributed by atoms with E-state index in [2.05, 4.69) is 17.3 Å². The first kappa shape index (κ1) is 37.4. The Hall–Kier alpha value is -3.87. The summed E-state index contributed by atoms with van der Waals surface area (Å²) < 4.78 is 23.6. The number of nitrogens with one attached hydrogen (secondary N) is 1. The smallest absolute Gasteiger partial charge is 0.348 e. The van der Waals surface area contributed by atoms with Gasteiger partial charge in [-0.15, -0.1) is 11.3 Å². The number of carbonyl (C=O) groups is 2. The fraction of sp³-hybridized carbons (Fsp3) is 0.378. The van der Waals surface area contributed by atoms with Gasteiger partial charge in [-0.3, -0.25) is 5.32 Å². The van der Waals surface area contributed by atoms with Crippen LogP contribution in [0.25, 0.3) is 0 Å². The molecule has 1 aliphatic rings. The molecule has 0 amide bonds. The molecule has 13 heteroatoms. The summed E-state index contributed by atoms with van der Waals surface area (Å²) in [6, 6.07) is 17.6. The van der Waals surface area contributed by atoms with Crippen LogP contribution < -0.4 is 19.5 Å². The number of ether oxygens (including phenoxy) is 4. The first-order valence-electron chi connectivity index (χ1n) is 16.5. The summed E-state index contributed by atoms with van der Waals surface area (Å²) >= 11 is 14.1. The Bertz CT molecular complexity index is 1730. The van der Waals surface area contributed by atoms with Crippen LogP contribution in [0.3, 0.4) is 0 Å². The van der Waals surface area contributed by atoms with Gasteiger partial charge in [0.2, 0.25) is 0 Å². The molecule has 0 saturated carbocycles. The summed E-state index contributed by atoms with van der Waals surface area (Å²) in [5, 5.41) is 15.5. The van der Waals surface area contributed by atoms with Crippen LogP contribution in [0.5, 0.6) is 11.5 Å². The minimum Gasteiger partial charge on any atom is -0.619 e. The number of methoxy groups -OCH3 is 1. The maximum Gasteiger partial charge on any atom is 0.348 e. The van der Waals surface area contributed by atoms with Crippen molar-refractivity contribution in [2.75, 3.05) is 40.5 Å². The van der Waals surface area contributed by atoms with E-state index >= 15 is 0 Å². The number of carbonyl (C=O) groups excluding carboxylic acids is 2. The van der Waals surface area contributed by atoms with Gasteiger partial charge in [0.05, 0.1) is 20.3 Å². The van der Waals surface area contributed by atoms with Crippen molar-refractivity contribution in [3.05, 3.63) is 115 Å². The van der Waals surface area contributed by atoms with Crippen molar-refractivity contribution in [3.8, 4) is 11.5 Å². The number of pyridine rings is 1. The van der Waals surface area contributed by atoms with Crippen molar-refractivity contribution in [2.24, 2.45) is 5.92 Å². The molecule has 0 spiro atoms. The molecule has 0 aliphatic carbocycles. The third-order valence-corrected chi connectivity index (χ3v) is 10.3. The van der Waals surface area contributed by atoms with Crippen LogP contribution in [0.2, 0.25) is 10.0 Å². The van der Waals surface area contributed by atoms with E-state index in [1.807, 2.05) is 43.3 Å². The number of benzene rings is 2. The number of aromatic nitrogens is 1. The molecule has 2 aromatic carbocycles. The van der Waals surface area contributed by atoms with Crippen LogP contribution in [0.1, 0.15) is 63.2 Å². The van der Waals surface area contributed by atoms with E-state index in [0.717, 1.165) is 36.4 Å². The number of rotatable bonds is 15. The number of esters is 2. The molecule has 1 fully saturated rings. The molecule has 4 aromatic rings. The second-order valence-corrected chi connectivity index (χ2v) is 14.1. The molecule has 2 aromatic heterocycles. The lowest BCUT2D eigenvalue weighted by Crippen LogP contribution is -2.34. The van der Waals surface area contributed by atoms with Crippen LogP contribution in [0.15, 0.2) is 73.1 Å². The van der Waals surface area contributed by atoms with Gasteiger partial charge in [-0.1, -0.05) is 59.6 Å². The number of nitrogens with zero attached hydrogens (tertiary/aromatic N) is 2. The lowest BCUT2D eigenvalue weighted by Gasteiger charge is -2.29. The first-order chi connectivity index (χ1) is 24.1. The van der Waals surface area contributed by atoms with E-state index in [1.54, 1.807) is 31.4 Å². The van der Waals surface area contributed by atoms with Crippen LogP contribution >= 0.6 is 34.5 Å². The van der Waals surface area contributed by atoms with Gasteiger partial charge in [0.1, 0.15) is 27.1 Å². The molecular formula is C37H41Cl2N3O7S. The van der Waals surface area contributed by atoms with Crippen LogP contribution in [-0.2, 0) is 27.2 Å². The standard InChI is InChI=1S/C37H41Cl2N3O7S/c1-4-47-33-18-26(10-12-31(33)46-3)32(19-28-29(38)21-42(45)22-30(28)39)49-36(43)34-13-11-27(50-34)20-40-35(25-8-6-5-7-9-25)37(44)48-23-24-14-16-41(2)17-15-24/h5-13,18,21-22,24,32,35,40H,4,14-17,19-20,23H2,1-3H3. The number of thiophene rings is 1. The fourth-order valence-electron chi connectivity index (χ4n) is 5.77. The monoisotopic (exact) mass is 741 g/mol. The van der Waals surface area contributed by atoms with Crippen molar-refractivity contribution >= 4 is 46.5 Å². The average molecular weight is 743 g/mol. The molecule has 50 heavy (non-hydrogen) atoms. The van der Waals surface area contributed by atoms with Crippen molar-refractivity contribution in [3.63, 3.8) is 0 Å². The minimum absolute atomic E-state index is 0.0976. The lowest BCUT2D eigenvalue weighted by molar-refractivity contribution is -0.605. The van der Waals surface area contributed by atoms with Gasteiger partial charge in [0, 0.05) is 23.4 Å². The Morgan fingerprint density at radius 2 is 1.74 bits per heavy atom. The SMILES string of the molecule is CCOc1cc(C(Cc2c(Cl)c[n+]([O-])cc2Cl)OC(=O)c2ccc(CNC(C(=O)OCC3CCN(C)CC3)c3ccccc3)s2)ccc1OC. The van der Waals surface area contributed by atoms with Gasteiger partial charge >= 0.3 is 11.9 Å². The number of hydrogen-bond acceptors (Lipinski definition) is 10. The highest BCUT2D eigenvalue weighted by Crippen LogP contribution is 2.36. The Kier molecular flexibility index (Phi) is 13.4. The molecule has 266 valence electrons. The van der Waals surface area contributed by atoms with E-state index in [1.165, 1.54) is 23.7 Å². The van der Waals surface area contributed by atoms with Gasteiger partial charge in [0.25, 0.3) is 0 Å². The van der Waals surface area contributed by atoms with Crippen molar-refractivity contribution < 1.29 is 33.3 Å². The fourth-order valence-corrected chi connectivity index (χ4v) is 7.21. The molecule has 2 atom stereocenters. The quantitative estimate of drug-likeness (QED) is 0.0786. The normalized spacial score (nSPS) is 14.9. The molecule has 1 aliphatic heterocycles. The molecular weight excluding hydrogens is 701 g/mol. The topological polar surface area (TPSA) is 113 Å². The van der Waals surface area contributed by atoms with E-state index < -0.39 is 18.1 Å². The zero-order chi connectivity index (χ0) is 35.6. The molecule has 1 saturated heterocycles. The molecule has 3 heterocycles. The van der Waals surface area contributed by atoms with E-state index in [4.69, 9.17) is 42.1 Å². The Morgan fingerprint density at radius 1 is 1.02 bits per heavy atom. The van der Waals surface area contributed by atoms with E-state index in [0.29, 0.717) is 57.9 Å². The number of likely N-dealkylation sites (tertiary alicyclic amines) is 1. The summed E-state index contributed by atoms with van der Waals surface area (Å²) in [4.78, 5) is 30.5. The van der Waals surface area contributed by atoms with Gasteiger partial charge < -0.3 is 29.1 Å². The summed E-state index contributed by atoms with van der Waals surface area (Å²) in [6.07, 6.45) is 3.66. The molecule has 2 unspecified atom stereocenters. The van der Waals surface area contributed by atoms with Crippen LogP contribution in [-0.4, -0.2) is 57.3 Å². The lowest BCUT2D eigenvalue weighted by atomic mass is 9.98. The number of halogens is 2. The highest BCUT2D eigenvalue weighted by molar-refractivity contribution is 7.13. The van der Waals surface area contributed by atoms with E-state index in [9.17, 15) is 14.8 Å². The predicted molar refractivity (Wildman–Crippen MR) is 193 cm³/mol. The average Bonchev–Trinajstić information content (AvgIpc) is 3.59. The molecule has 0 bridgehead atoms. The zero-order valence-corrected chi connectivity index (χ0v) is 30.6. The second-order valence-electron chi connectivity index (χ2n) is 12.1. The molecule has 0 radical (unpaired) electrons. The summed E-state index contributed by atoms with van der Waals surface area (Å²) in [7, 11) is 3.65. The molecule has 5 rings (SSSR count). The number of hydrogen-bond donors (Lipinski definition) is 1. The predicted octanol–water partition coefficient (Wildman–Crippen LogP) is 6.95. The Balaban J connectivity index is 1.30. The minimum atomic E-state index is -0.837. The number of piperidine rings is 1. The van der Waals surface area contributed by atoms with Crippen molar-refractivity contribution in [2.45, 2.75) is 44.9 Å². The van der Waals surface area contributed by atoms with Gasteiger partial charge in [-0.05, 0) is 81.2 Å². The maximum absolute atomic E-state index is 13.6. The van der Waals surface area contributed by atoms with Crippen LogP contribution in [0.4, 0.5) is 0 Å².